The van der Waals surface area contributed by atoms with Crippen molar-refractivity contribution in [3.63, 3.8) is 0 Å². The molecular formula is C27H25IO9S. The number of esters is 2. The Kier molecular flexibility index (Phi) is 9.15. The second-order valence-electron chi connectivity index (χ2n) is 8.52. The quantitative estimate of drug-likeness (QED) is 0.168. The van der Waals surface area contributed by atoms with Crippen molar-refractivity contribution in [2.75, 3.05) is 4.43 Å². The lowest BCUT2D eigenvalue weighted by Gasteiger charge is -2.42. The van der Waals surface area contributed by atoms with Gasteiger partial charge in [-0.15, -0.1) is 0 Å². The van der Waals surface area contributed by atoms with Gasteiger partial charge in [-0.05, 0) is 43.3 Å². The van der Waals surface area contributed by atoms with Crippen LogP contribution in [-0.4, -0.2) is 60.6 Å². The first-order valence-electron chi connectivity index (χ1n) is 11.6. The Morgan fingerprint density at radius 2 is 1.32 bits per heavy atom. The Hall–Kier alpha value is -2.84. The number of halogens is 1. The average molecular weight is 652 g/mol. The fourth-order valence-corrected chi connectivity index (χ4v) is 5.62. The average Bonchev–Trinajstić information content (AvgIpc) is 2.93. The summed E-state index contributed by atoms with van der Waals surface area (Å²) in [4.78, 5) is 25.8. The van der Waals surface area contributed by atoms with Crippen LogP contribution in [0.15, 0.2) is 89.8 Å². The van der Waals surface area contributed by atoms with E-state index in [-0.39, 0.29) is 20.4 Å². The molecule has 3 aromatic carbocycles. The molecule has 1 heterocycles. The molecule has 3 aromatic rings. The van der Waals surface area contributed by atoms with Gasteiger partial charge in [0, 0.05) is 4.43 Å². The molecule has 1 aliphatic rings. The number of carbonyl (C=O) groups is 2. The summed E-state index contributed by atoms with van der Waals surface area (Å²) in [6.45, 7) is 1.80. The highest BCUT2D eigenvalue weighted by atomic mass is 127. The van der Waals surface area contributed by atoms with E-state index >= 15 is 0 Å². The Labute approximate surface area is 233 Å². The van der Waals surface area contributed by atoms with E-state index in [0.29, 0.717) is 0 Å². The molecule has 0 bridgehead atoms. The van der Waals surface area contributed by atoms with Crippen LogP contribution in [0, 0.1) is 6.92 Å². The van der Waals surface area contributed by atoms with Crippen LogP contribution in [0.3, 0.4) is 0 Å². The molecule has 11 heteroatoms. The topological polar surface area (TPSA) is 125 Å². The lowest BCUT2D eigenvalue weighted by Crippen LogP contribution is -2.61. The molecule has 200 valence electrons. The summed E-state index contributed by atoms with van der Waals surface area (Å²) in [6, 6.07) is 22.0. The van der Waals surface area contributed by atoms with Crippen molar-refractivity contribution in [2.45, 2.75) is 42.5 Å². The second-order valence-corrected chi connectivity index (χ2v) is 11.0. The monoisotopic (exact) mass is 652 g/mol. The Morgan fingerprint density at radius 1 is 0.816 bits per heavy atom. The number of aliphatic hydroxyl groups is 1. The van der Waals surface area contributed by atoms with E-state index in [0.717, 1.165) is 5.56 Å². The van der Waals surface area contributed by atoms with E-state index in [9.17, 15) is 23.1 Å². The lowest BCUT2D eigenvalue weighted by molar-refractivity contribution is -0.267. The highest BCUT2D eigenvalue weighted by Crippen LogP contribution is 2.32. The summed E-state index contributed by atoms with van der Waals surface area (Å²) in [7, 11) is -4.44. The van der Waals surface area contributed by atoms with Gasteiger partial charge in [0.25, 0.3) is 10.1 Å². The molecule has 1 fully saturated rings. The first-order chi connectivity index (χ1) is 18.2. The largest absolute Gasteiger partial charge is 0.452 e. The molecule has 0 spiro atoms. The minimum atomic E-state index is -4.44. The van der Waals surface area contributed by atoms with E-state index in [1.807, 2.05) is 22.6 Å². The van der Waals surface area contributed by atoms with Gasteiger partial charge in [0.15, 0.2) is 24.6 Å². The standard InChI is InChI=1S/C27H25IO9S/c1-17-12-14-20(15-13-17)38(32,33)37-24-23(36-26(30)19-10-6-3-7-11-19)22(21(16-28)34-27(24)31)35-25(29)18-8-4-2-5-9-18/h2-15,21-24,27,31H,16H2,1H3/t21-,22-,23+,24+,27+/m1/s1. The number of rotatable bonds is 8. The normalized spacial score (nSPS) is 23.4. The third kappa shape index (κ3) is 6.59. The zero-order valence-corrected chi connectivity index (χ0v) is 23.2. The Bertz CT molecular complexity index is 1350. The molecule has 0 amide bonds. The summed E-state index contributed by atoms with van der Waals surface area (Å²) in [5, 5.41) is 10.8. The highest BCUT2D eigenvalue weighted by molar-refractivity contribution is 14.1. The number of aliphatic hydroxyl groups excluding tert-OH is 1. The maximum Gasteiger partial charge on any atom is 0.338 e. The number of ether oxygens (including phenoxy) is 3. The molecule has 0 saturated carbocycles. The van der Waals surface area contributed by atoms with Crippen molar-refractivity contribution in [3.8, 4) is 0 Å². The molecule has 38 heavy (non-hydrogen) atoms. The number of carbonyl (C=O) groups excluding carboxylic acids is 2. The van der Waals surface area contributed by atoms with E-state index in [2.05, 4.69) is 0 Å². The van der Waals surface area contributed by atoms with Crippen LogP contribution in [-0.2, 0) is 28.5 Å². The van der Waals surface area contributed by atoms with Gasteiger partial charge in [0.2, 0.25) is 0 Å². The summed E-state index contributed by atoms with van der Waals surface area (Å²) >= 11 is 1.97. The molecule has 9 nitrogen and oxygen atoms in total. The summed E-state index contributed by atoms with van der Waals surface area (Å²) in [5.74, 6) is -1.56. The number of benzene rings is 3. The maximum absolute atomic E-state index is 13.1. The smallest absolute Gasteiger partial charge is 0.338 e. The van der Waals surface area contributed by atoms with Crippen LogP contribution in [0.1, 0.15) is 26.3 Å². The van der Waals surface area contributed by atoms with Crippen molar-refractivity contribution in [1.82, 2.24) is 0 Å². The molecule has 1 N–H and O–H groups in total. The predicted molar refractivity (Wildman–Crippen MR) is 144 cm³/mol. The summed E-state index contributed by atoms with van der Waals surface area (Å²) < 4.78 is 48.9. The highest BCUT2D eigenvalue weighted by Gasteiger charge is 2.52. The van der Waals surface area contributed by atoms with Gasteiger partial charge in [-0.2, -0.15) is 8.42 Å². The third-order valence-corrected chi connectivity index (χ3v) is 8.01. The Morgan fingerprint density at radius 3 is 1.82 bits per heavy atom. The molecule has 1 saturated heterocycles. The van der Waals surface area contributed by atoms with Gasteiger partial charge in [0.05, 0.1) is 16.0 Å². The summed E-state index contributed by atoms with van der Waals surface area (Å²) in [6.07, 6.45) is -7.31. The van der Waals surface area contributed by atoms with E-state index in [4.69, 9.17) is 18.4 Å². The van der Waals surface area contributed by atoms with Crippen molar-refractivity contribution in [2.24, 2.45) is 0 Å². The fourth-order valence-electron chi connectivity index (χ4n) is 3.84. The lowest BCUT2D eigenvalue weighted by atomic mass is 9.99. The van der Waals surface area contributed by atoms with Crippen LogP contribution in [0.4, 0.5) is 0 Å². The van der Waals surface area contributed by atoms with Crippen LogP contribution in [0.2, 0.25) is 0 Å². The van der Waals surface area contributed by atoms with Crippen molar-refractivity contribution in [1.29, 1.82) is 0 Å². The predicted octanol–water partition coefficient (Wildman–Crippen LogP) is 3.67. The van der Waals surface area contributed by atoms with Crippen molar-refractivity contribution in [3.05, 3.63) is 102 Å². The minimum absolute atomic E-state index is 0.169. The minimum Gasteiger partial charge on any atom is -0.452 e. The molecular weight excluding hydrogens is 627 g/mol. The van der Waals surface area contributed by atoms with E-state index in [1.165, 1.54) is 24.3 Å². The molecule has 0 radical (unpaired) electrons. The van der Waals surface area contributed by atoms with Gasteiger partial charge in [-0.3, -0.25) is 4.18 Å². The Balaban J connectivity index is 1.70. The number of hydrogen-bond acceptors (Lipinski definition) is 9. The molecule has 1 aliphatic heterocycles. The maximum atomic E-state index is 13.1. The van der Waals surface area contributed by atoms with Crippen LogP contribution < -0.4 is 0 Å². The number of hydrogen-bond donors (Lipinski definition) is 1. The number of aryl methyl sites for hydroxylation is 1. The molecule has 5 atom stereocenters. The van der Waals surface area contributed by atoms with Gasteiger partial charge in [0.1, 0.15) is 6.10 Å². The number of alkyl halides is 1. The van der Waals surface area contributed by atoms with Gasteiger partial charge in [-0.1, -0.05) is 76.7 Å². The zero-order valence-electron chi connectivity index (χ0n) is 20.2. The van der Waals surface area contributed by atoms with Crippen molar-refractivity contribution >= 4 is 44.6 Å². The van der Waals surface area contributed by atoms with Gasteiger partial charge < -0.3 is 19.3 Å². The second kappa shape index (κ2) is 12.3. The van der Waals surface area contributed by atoms with Crippen LogP contribution in [0.5, 0.6) is 0 Å². The molecule has 0 aromatic heterocycles. The molecule has 0 aliphatic carbocycles. The molecule has 4 rings (SSSR count). The third-order valence-electron chi connectivity index (χ3n) is 5.81. The van der Waals surface area contributed by atoms with E-state index < -0.39 is 52.8 Å². The first-order valence-corrected chi connectivity index (χ1v) is 14.5. The molecule has 0 unspecified atom stereocenters. The van der Waals surface area contributed by atoms with Crippen LogP contribution in [0.25, 0.3) is 0 Å². The SMILES string of the molecule is Cc1ccc(S(=O)(=O)O[C@H]2[C@@H](OC(=O)c3ccccc3)[C@H](OC(=O)c3ccccc3)[C@@H](CI)O[C@@H]2O)cc1. The van der Waals surface area contributed by atoms with Gasteiger partial charge >= 0.3 is 11.9 Å². The van der Waals surface area contributed by atoms with Gasteiger partial charge in [-0.25, -0.2) is 9.59 Å². The van der Waals surface area contributed by atoms with Crippen LogP contribution >= 0.6 is 22.6 Å². The first kappa shape index (κ1) is 28.2. The van der Waals surface area contributed by atoms with E-state index in [1.54, 1.807) is 67.6 Å². The van der Waals surface area contributed by atoms with Crippen molar-refractivity contribution < 1.29 is 41.5 Å². The summed E-state index contributed by atoms with van der Waals surface area (Å²) in [5.41, 5.74) is 1.23. The fraction of sp³-hybridized carbons (Fsp3) is 0.259. The zero-order chi connectivity index (χ0) is 27.3.